The molecule has 2 aromatic heterocycles. The molecule has 3 atom stereocenters. The minimum absolute atomic E-state index is 0.0822. The van der Waals surface area contributed by atoms with Crippen LogP contribution in [0.15, 0.2) is 65.8 Å². The first-order chi connectivity index (χ1) is 23.1. The molecule has 0 radical (unpaired) electrons. The second-order valence-electron chi connectivity index (χ2n) is 14.3. The molecule has 4 aromatic rings. The van der Waals surface area contributed by atoms with Crippen LogP contribution in [0.5, 0.6) is 5.88 Å². The fraction of sp³-hybridized carbons (Fsp3) is 0.432. The summed E-state index contributed by atoms with van der Waals surface area (Å²) >= 11 is 1.37. The zero-order valence-corrected chi connectivity index (χ0v) is 29.1. The standard InChI is InChI=1S/C37H43N7O3S/c1-23-8-6-9-24(2)34(23)30-15-33-41-36(40-30)42-48-29-11-7-10-25(14-29)35(45)44(28(21-47-33)16-37(3,4)5)19-27-17-38-18-32(39-27)43-13-12-26-20-46-22-31(26)43/h6-11,14-15,17-18,26,28,31H,12-13,16,19-22H2,1-5H3,(H,40,41,42)/t26-,28-,31+/m1/s1. The second-order valence-corrected chi connectivity index (χ2v) is 15.2. The molecule has 0 unspecified atom stereocenters. The van der Waals surface area contributed by atoms with Crippen molar-refractivity contribution in [3.63, 3.8) is 0 Å². The van der Waals surface area contributed by atoms with Crippen molar-refractivity contribution in [2.75, 3.05) is 36.0 Å². The summed E-state index contributed by atoms with van der Waals surface area (Å²) in [4.78, 5) is 39.0. The molecule has 3 aliphatic rings. The molecule has 250 valence electrons. The number of ether oxygens (including phenoxy) is 2. The van der Waals surface area contributed by atoms with Gasteiger partial charge in [0.05, 0.1) is 55.6 Å². The highest BCUT2D eigenvalue weighted by molar-refractivity contribution is 8.00. The molecule has 2 aromatic carbocycles. The summed E-state index contributed by atoms with van der Waals surface area (Å²) in [7, 11) is 0. The Balaban J connectivity index is 1.27. The lowest BCUT2D eigenvalue weighted by Gasteiger charge is -2.35. The highest BCUT2D eigenvalue weighted by Gasteiger charge is 2.39. The van der Waals surface area contributed by atoms with E-state index in [0.29, 0.717) is 48.9 Å². The Hall–Kier alpha value is -4.22. The van der Waals surface area contributed by atoms with E-state index in [1.165, 1.54) is 11.9 Å². The summed E-state index contributed by atoms with van der Waals surface area (Å²) in [5, 5.41) is 0. The minimum Gasteiger partial charge on any atom is -0.475 e. The monoisotopic (exact) mass is 665 g/mol. The highest BCUT2D eigenvalue weighted by atomic mass is 32.2. The summed E-state index contributed by atoms with van der Waals surface area (Å²) in [5.41, 5.74) is 5.32. The molecule has 2 fully saturated rings. The number of fused-ring (bicyclic) bond motifs is 5. The number of benzene rings is 2. The molecule has 4 bridgehead atoms. The zero-order valence-electron chi connectivity index (χ0n) is 28.3. The van der Waals surface area contributed by atoms with Gasteiger partial charge < -0.3 is 19.3 Å². The van der Waals surface area contributed by atoms with Crippen molar-refractivity contribution in [1.82, 2.24) is 24.8 Å². The number of aromatic nitrogens is 4. The third-order valence-electron chi connectivity index (χ3n) is 9.36. The fourth-order valence-electron chi connectivity index (χ4n) is 7.11. The predicted molar refractivity (Wildman–Crippen MR) is 188 cm³/mol. The van der Waals surface area contributed by atoms with Crippen molar-refractivity contribution >= 4 is 29.6 Å². The molecule has 7 rings (SSSR count). The molecule has 0 aliphatic carbocycles. The van der Waals surface area contributed by atoms with Gasteiger partial charge in [0.2, 0.25) is 11.8 Å². The number of nitrogens with zero attached hydrogens (tertiary/aromatic N) is 6. The smallest absolute Gasteiger partial charge is 0.254 e. The number of anilines is 2. The Morgan fingerprint density at radius 1 is 0.979 bits per heavy atom. The minimum atomic E-state index is -0.283. The van der Waals surface area contributed by atoms with Crippen LogP contribution >= 0.6 is 11.9 Å². The number of rotatable bonds is 5. The first kappa shape index (κ1) is 32.3. The molecule has 2 saturated heterocycles. The molecular weight excluding hydrogens is 623 g/mol. The fourth-order valence-corrected chi connectivity index (χ4v) is 7.75. The van der Waals surface area contributed by atoms with Gasteiger partial charge in [-0.1, -0.05) is 45.0 Å². The van der Waals surface area contributed by atoms with E-state index in [1.54, 1.807) is 6.20 Å². The van der Waals surface area contributed by atoms with Crippen LogP contribution in [0, 0.1) is 25.2 Å². The molecule has 3 aliphatic heterocycles. The topological polar surface area (TPSA) is 106 Å². The lowest BCUT2D eigenvalue weighted by molar-refractivity contribution is 0.0509. The molecule has 10 nitrogen and oxygen atoms in total. The highest BCUT2D eigenvalue weighted by Crippen LogP contribution is 2.34. The van der Waals surface area contributed by atoms with Crippen LogP contribution in [0.3, 0.4) is 0 Å². The van der Waals surface area contributed by atoms with Crippen LogP contribution < -0.4 is 14.4 Å². The first-order valence-electron chi connectivity index (χ1n) is 16.7. The number of hydrogen-bond acceptors (Lipinski definition) is 10. The van der Waals surface area contributed by atoms with E-state index in [2.05, 4.69) is 67.4 Å². The summed E-state index contributed by atoms with van der Waals surface area (Å²) in [6.07, 6.45) is 5.39. The predicted octanol–water partition coefficient (Wildman–Crippen LogP) is 6.73. The van der Waals surface area contributed by atoms with Crippen molar-refractivity contribution < 1.29 is 14.3 Å². The van der Waals surface area contributed by atoms with Gasteiger partial charge in [-0.3, -0.25) is 14.5 Å². The Labute approximate surface area is 286 Å². The van der Waals surface area contributed by atoms with Gasteiger partial charge >= 0.3 is 0 Å². The molecule has 0 saturated carbocycles. The van der Waals surface area contributed by atoms with Gasteiger partial charge in [-0.2, -0.15) is 4.98 Å². The van der Waals surface area contributed by atoms with Gasteiger partial charge in [0.1, 0.15) is 12.4 Å². The lowest BCUT2D eigenvalue weighted by atomic mass is 9.87. The van der Waals surface area contributed by atoms with Crippen LogP contribution in [-0.4, -0.2) is 69.2 Å². The van der Waals surface area contributed by atoms with Crippen molar-refractivity contribution in [1.29, 1.82) is 0 Å². The Kier molecular flexibility index (Phi) is 9.00. The van der Waals surface area contributed by atoms with Gasteiger partial charge in [-0.25, -0.2) is 9.97 Å². The third kappa shape index (κ3) is 6.98. The average Bonchev–Trinajstić information content (AvgIpc) is 3.69. The van der Waals surface area contributed by atoms with Crippen molar-refractivity contribution in [2.24, 2.45) is 11.3 Å². The maximum Gasteiger partial charge on any atom is 0.254 e. The quantitative estimate of drug-likeness (QED) is 0.231. The third-order valence-corrected chi connectivity index (χ3v) is 10.1. The molecule has 1 N–H and O–H groups in total. The maximum atomic E-state index is 14.5. The summed E-state index contributed by atoms with van der Waals surface area (Å²) in [6, 6.07) is 15.8. The van der Waals surface area contributed by atoms with E-state index in [1.807, 2.05) is 41.4 Å². The SMILES string of the molecule is Cc1cccc(C)c1-c1cc2nc(n1)NSc1cccc(c1)C(=O)N(Cc1cncc(N3CC[C@@H]4COC[C@@H]43)n1)[C@H](CC(C)(C)C)CO2. The summed E-state index contributed by atoms with van der Waals surface area (Å²) in [5.74, 6) is 2.18. The van der Waals surface area contributed by atoms with Gasteiger partial charge in [0.15, 0.2) is 0 Å². The van der Waals surface area contributed by atoms with E-state index >= 15 is 0 Å². The van der Waals surface area contributed by atoms with Crippen molar-refractivity contribution in [3.05, 3.63) is 83.3 Å². The van der Waals surface area contributed by atoms with Crippen LogP contribution in [0.2, 0.25) is 0 Å². The maximum absolute atomic E-state index is 14.5. The van der Waals surface area contributed by atoms with Crippen LogP contribution in [0.1, 0.15) is 60.8 Å². The molecule has 0 spiro atoms. The van der Waals surface area contributed by atoms with E-state index in [0.717, 1.165) is 58.4 Å². The number of nitrogens with one attached hydrogen (secondary N) is 1. The number of carbonyl (C=O) groups is 1. The van der Waals surface area contributed by atoms with Gasteiger partial charge in [-0.15, -0.1) is 0 Å². The molecule has 11 heteroatoms. The van der Waals surface area contributed by atoms with Crippen LogP contribution in [-0.2, 0) is 11.3 Å². The van der Waals surface area contributed by atoms with Gasteiger partial charge in [0.25, 0.3) is 5.91 Å². The average molecular weight is 666 g/mol. The van der Waals surface area contributed by atoms with E-state index in [9.17, 15) is 4.79 Å². The Bertz CT molecular complexity index is 1790. The number of amides is 1. The summed E-state index contributed by atoms with van der Waals surface area (Å²) < 4.78 is 15.6. The molecule has 1 amide bonds. The van der Waals surface area contributed by atoms with Gasteiger partial charge in [0, 0.05) is 34.6 Å². The summed E-state index contributed by atoms with van der Waals surface area (Å²) in [6.45, 7) is 13.7. The largest absolute Gasteiger partial charge is 0.475 e. The Morgan fingerprint density at radius 2 is 1.79 bits per heavy atom. The van der Waals surface area contributed by atoms with Crippen molar-refractivity contribution in [2.45, 2.75) is 71.0 Å². The second kappa shape index (κ2) is 13.4. The number of aryl methyl sites for hydroxylation is 2. The normalized spacial score (nSPS) is 21.1. The molecule has 5 heterocycles. The van der Waals surface area contributed by atoms with E-state index in [4.69, 9.17) is 24.4 Å². The lowest BCUT2D eigenvalue weighted by Crippen LogP contribution is -2.45. The van der Waals surface area contributed by atoms with E-state index < -0.39 is 0 Å². The van der Waals surface area contributed by atoms with Crippen LogP contribution in [0.4, 0.5) is 11.8 Å². The number of hydrogen-bond donors (Lipinski definition) is 1. The van der Waals surface area contributed by atoms with Crippen molar-refractivity contribution in [3.8, 4) is 17.1 Å². The number of carbonyl (C=O) groups excluding carboxylic acids is 1. The van der Waals surface area contributed by atoms with E-state index in [-0.39, 0.29) is 24.0 Å². The molecule has 48 heavy (non-hydrogen) atoms. The molecular formula is C37H43N7O3S. The van der Waals surface area contributed by atoms with Crippen LogP contribution in [0.25, 0.3) is 11.3 Å². The first-order valence-corrected chi connectivity index (χ1v) is 17.5. The Morgan fingerprint density at radius 3 is 2.60 bits per heavy atom. The van der Waals surface area contributed by atoms with Gasteiger partial charge in [-0.05, 0) is 73.4 Å². The zero-order chi connectivity index (χ0) is 33.4.